The maximum Gasteiger partial charge on any atom is 0.303 e. The number of likely N-dealkylation sites (tertiary alicyclic amines) is 1. The molecule has 4 heteroatoms. The molecule has 0 aliphatic carbocycles. The number of benzene rings is 1. The minimum Gasteiger partial charge on any atom is -0.481 e. The Morgan fingerprint density at radius 3 is 3.00 bits per heavy atom. The molecule has 1 aromatic carbocycles. The summed E-state index contributed by atoms with van der Waals surface area (Å²) in [6.45, 7) is 5.09. The Balaban J connectivity index is 1.86. The van der Waals surface area contributed by atoms with Crippen LogP contribution >= 0.6 is 11.6 Å². The van der Waals surface area contributed by atoms with Crippen LogP contribution in [0.5, 0.6) is 0 Å². The molecule has 19 heavy (non-hydrogen) atoms. The number of aryl methyl sites for hydroxylation is 1. The molecule has 0 saturated carbocycles. The zero-order valence-corrected chi connectivity index (χ0v) is 12.0. The van der Waals surface area contributed by atoms with Crippen molar-refractivity contribution in [2.24, 2.45) is 5.92 Å². The van der Waals surface area contributed by atoms with Gasteiger partial charge < -0.3 is 5.11 Å². The summed E-state index contributed by atoms with van der Waals surface area (Å²) in [5, 5.41) is 9.49. The van der Waals surface area contributed by atoms with Crippen LogP contribution in [0.25, 0.3) is 0 Å². The van der Waals surface area contributed by atoms with E-state index >= 15 is 0 Å². The van der Waals surface area contributed by atoms with Crippen molar-refractivity contribution in [3.8, 4) is 0 Å². The van der Waals surface area contributed by atoms with Crippen molar-refractivity contribution < 1.29 is 9.90 Å². The summed E-state index contributed by atoms with van der Waals surface area (Å²) < 4.78 is 0. The van der Waals surface area contributed by atoms with Crippen LogP contribution in [0.3, 0.4) is 0 Å². The molecule has 0 radical (unpaired) electrons. The number of carbonyl (C=O) groups is 1. The van der Waals surface area contributed by atoms with E-state index < -0.39 is 5.97 Å². The fraction of sp³-hybridized carbons (Fsp3) is 0.533. The van der Waals surface area contributed by atoms with Crippen molar-refractivity contribution in [2.45, 2.75) is 32.7 Å². The number of carboxylic acids is 1. The molecule has 1 heterocycles. The van der Waals surface area contributed by atoms with Gasteiger partial charge in [0.1, 0.15) is 0 Å². The predicted molar refractivity (Wildman–Crippen MR) is 76.4 cm³/mol. The molecule has 0 aromatic heterocycles. The third kappa shape index (κ3) is 4.22. The van der Waals surface area contributed by atoms with Gasteiger partial charge in [-0.2, -0.15) is 0 Å². The third-order valence-electron chi connectivity index (χ3n) is 3.84. The molecule has 1 aromatic rings. The molecule has 1 N–H and O–H groups in total. The largest absolute Gasteiger partial charge is 0.481 e. The highest BCUT2D eigenvalue weighted by Crippen LogP contribution is 2.24. The minimum atomic E-state index is -0.688. The lowest BCUT2D eigenvalue weighted by Crippen LogP contribution is -2.20. The van der Waals surface area contributed by atoms with Crippen LogP contribution in [-0.4, -0.2) is 29.1 Å². The Morgan fingerprint density at radius 1 is 1.53 bits per heavy atom. The Labute approximate surface area is 119 Å². The molecule has 1 aliphatic rings. The van der Waals surface area contributed by atoms with Gasteiger partial charge in [0.15, 0.2) is 0 Å². The van der Waals surface area contributed by atoms with Crippen molar-refractivity contribution in [3.63, 3.8) is 0 Å². The molecule has 0 spiro atoms. The summed E-state index contributed by atoms with van der Waals surface area (Å²) in [5.41, 5.74) is 2.53. The molecule has 104 valence electrons. The van der Waals surface area contributed by atoms with Gasteiger partial charge in [-0.1, -0.05) is 17.7 Å². The quantitative estimate of drug-likeness (QED) is 0.900. The zero-order valence-electron chi connectivity index (χ0n) is 11.2. The molecular weight excluding hydrogens is 262 g/mol. The first-order chi connectivity index (χ1) is 9.04. The van der Waals surface area contributed by atoms with Crippen molar-refractivity contribution in [2.75, 3.05) is 13.1 Å². The molecule has 3 nitrogen and oxygen atoms in total. The highest BCUT2D eigenvalue weighted by atomic mass is 35.5. The number of aliphatic carboxylic acids is 1. The number of carboxylic acid groups (broad SMARTS) is 1. The smallest absolute Gasteiger partial charge is 0.303 e. The van der Waals surface area contributed by atoms with Crippen LogP contribution in [-0.2, 0) is 11.3 Å². The molecule has 1 fully saturated rings. The van der Waals surface area contributed by atoms with E-state index in [9.17, 15) is 4.79 Å². The number of halogens is 1. The van der Waals surface area contributed by atoms with Gasteiger partial charge in [-0.15, -0.1) is 0 Å². The summed E-state index contributed by atoms with van der Waals surface area (Å²) in [7, 11) is 0. The van der Waals surface area contributed by atoms with Crippen LogP contribution < -0.4 is 0 Å². The maximum absolute atomic E-state index is 10.6. The van der Waals surface area contributed by atoms with Gasteiger partial charge in [-0.3, -0.25) is 9.69 Å². The van der Waals surface area contributed by atoms with E-state index in [1.165, 1.54) is 11.1 Å². The minimum absolute atomic E-state index is 0.290. The van der Waals surface area contributed by atoms with Crippen LogP contribution in [0.15, 0.2) is 18.2 Å². The average molecular weight is 282 g/mol. The van der Waals surface area contributed by atoms with Crippen molar-refractivity contribution in [1.82, 2.24) is 4.90 Å². The molecule has 1 aliphatic heterocycles. The van der Waals surface area contributed by atoms with E-state index in [0.717, 1.165) is 37.5 Å². The van der Waals surface area contributed by atoms with Crippen LogP contribution in [0.4, 0.5) is 0 Å². The first kappa shape index (κ1) is 14.4. The van der Waals surface area contributed by atoms with Crippen LogP contribution in [0.1, 0.15) is 30.4 Å². The Morgan fingerprint density at radius 2 is 2.32 bits per heavy atom. The fourth-order valence-electron chi connectivity index (χ4n) is 2.70. The number of hydrogen-bond acceptors (Lipinski definition) is 2. The summed E-state index contributed by atoms with van der Waals surface area (Å²) >= 11 is 5.96. The van der Waals surface area contributed by atoms with Gasteiger partial charge in [0.05, 0.1) is 0 Å². The van der Waals surface area contributed by atoms with Crippen molar-refractivity contribution >= 4 is 17.6 Å². The standard InChI is InChI=1S/C15H20ClNO2/c1-11-8-14(16)4-3-13(11)10-17-7-6-12(9-17)2-5-15(18)19/h3-4,8,12H,2,5-7,9-10H2,1H3,(H,18,19). The number of nitrogens with zero attached hydrogens (tertiary/aromatic N) is 1. The SMILES string of the molecule is Cc1cc(Cl)ccc1CN1CCC(CCC(=O)O)C1. The van der Waals surface area contributed by atoms with E-state index in [0.29, 0.717) is 12.3 Å². The van der Waals surface area contributed by atoms with Gasteiger partial charge in [-0.05, 0) is 55.5 Å². The Bertz CT molecular complexity index is 461. The summed E-state index contributed by atoms with van der Waals surface area (Å²) in [5.74, 6) is -0.157. The van der Waals surface area contributed by atoms with Crippen molar-refractivity contribution in [3.05, 3.63) is 34.3 Å². The summed E-state index contributed by atoms with van der Waals surface area (Å²) in [4.78, 5) is 13.0. The highest BCUT2D eigenvalue weighted by molar-refractivity contribution is 6.30. The molecule has 1 saturated heterocycles. The maximum atomic E-state index is 10.6. The lowest BCUT2D eigenvalue weighted by atomic mass is 10.0. The average Bonchev–Trinajstić information content (AvgIpc) is 2.78. The molecular formula is C15H20ClNO2. The van der Waals surface area contributed by atoms with E-state index in [4.69, 9.17) is 16.7 Å². The first-order valence-electron chi connectivity index (χ1n) is 6.74. The van der Waals surface area contributed by atoms with Crippen molar-refractivity contribution in [1.29, 1.82) is 0 Å². The van der Waals surface area contributed by atoms with Crippen LogP contribution in [0, 0.1) is 12.8 Å². The predicted octanol–water partition coefficient (Wildman–Crippen LogP) is 3.34. The van der Waals surface area contributed by atoms with Gasteiger partial charge >= 0.3 is 5.97 Å². The number of rotatable bonds is 5. The second-order valence-corrected chi connectivity index (χ2v) is 5.83. The Hall–Kier alpha value is -1.06. The second kappa shape index (κ2) is 6.40. The summed E-state index contributed by atoms with van der Waals surface area (Å²) in [6, 6.07) is 6.01. The molecule has 1 atom stereocenters. The normalized spacial score (nSPS) is 19.8. The van der Waals surface area contributed by atoms with Gasteiger partial charge in [0.2, 0.25) is 0 Å². The van der Waals surface area contributed by atoms with Gasteiger partial charge in [0.25, 0.3) is 0 Å². The lowest BCUT2D eigenvalue weighted by Gasteiger charge is -2.17. The number of hydrogen-bond donors (Lipinski definition) is 1. The van der Waals surface area contributed by atoms with Gasteiger partial charge in [-0.25, -0.2) is 0 Å². The first-order valence-corrected chi connectivity index (χ1v) is 7.11. The van der Waals surface area contributed by atoms with E-state index in [1.807, 2.05) is 12.1 Å². The molecule has 0 bridgehead atoms. The summed E-state index contributed by atoms with van der Waals surface area (Å²) in [6.07, 6.45) is 2.20. The van der Waals surface area contributed by atoms with Gasteiger partial charge in [0, 0.05) is 24.5 Å². The van der Waals surface area contributed by atoms with E-state index in [-0.39, 0.29) is 0 Å². The molecule has 2 rings (SSSR count). The fourth-order valence-corrected chi connectivity index (χ4v) is 2.92. The monoisotopic (exact) mass is 281 g/mol. The van der Waals surface area contributed by atoms with E-state index in [2.05, 4.69) is 17.9 Å². The Kier molecular flexibility index (Phi) is 4.83. The topological polar surface area (TPSA) is 40.5 Å². The molecule has 0 amide bonds. The highest BCUT2D eigenvalue weighted by Gasteiger charge is 2.23. The lowest BCUT2D eigenvalue weighted by molar-refractivity contribution is -0.137. The van der Waals surface area contributed by atoms with Crippen LogP contribution in [0.2, 0.25) is 5.02 Å². The zero-order chi connectivity index (χ0) is 13.8. The molecule has 1 unspecified atom stereocenters. The van der Waals surface area contributed by atoms with E-state index in [1.54, 1.807) is 0 Å². The third-order valence-corrected chi connectivity index (χ3v) is 4.07. The second-order valence-electron chi connectivity index (χ2n) is 5.39.